The topological polar surface area (TPSA) is 27.7 Å². The first kappa shape index (κ1) is 16.2. The molecular formula is C20H31N3O. The summed E-state index contributed by atoms with van der Waals surface area (Å²) in [4.78, 5) is 5.33. The predicted molar refractivity (Wildman–Crippen MR) is 99.8 cm³/mol. The van der Waals surface area contributed by atoms with Crippen molar-refractivity contribution >= 4 is 11.4 Å². The van der Waals surface area contributed by atoms with E-state index in [1.807, 2.05) is 7.11 Å². The lowest BCUT2D eigenvalue weighted by Crippen LogP contribution is -2.49. The van der Waals surface area contributed by atoms with Gasteiger partial charge in [0, 0.05) is 32.3 Å². The van der Waals surface area contributed by atoms with Crippen LogP contribution in [0.4, 0.5) is 11.4 Å². The van der Waals surface area contributed by atoms with E-state index in [1.165, 1.54) is 68.6 Å². The molecule has 1 saturated heterocycles. The van der Waals surface area contributed by atoms with E-state index in [4.69, 9.17) is 4.74 Å². The normalized spacial score (nSPS) is 28.7. The average Bonchev–Trinajstić information content (AvgIpc) is 3.05. The number of methoxy groups -OCH3 is 1. The maximum Gasteiger partial charge on any atom is 0.0880 e. The van der Waals surface area contributed by atoms with E-state index in [1.54, 1.807) is 0 Å². The monoisotopic (exact) mass is 329 g/mol. The molecule has 2 aliphatic heterocycles. The first-order chi connectivity index (χ1) is 11.7. The Morgan fingerprint density at radius 3 is 2.71 bits per heavy atom. The highest BCUT2D eigenvalue weighted by Crippen LogP contribution is 2.36. The maximum absolute atomic E-state index is 5.62. The van der Waals surface area contributed by atoms with Crippen LogP contribution in [0.5, 0.6) is 0 Å². The Balaban J connectivity index is 1.36. The maximum atomic E-state index is 5.62. The molecule has 1 aromatic carbocycles. The molecule has 0 aromatic heterocycles. The van der Waals surface area contributed by atoms with E-state index in [0.717, 1.165) is 12.7 Å². The number of hydrogen-bond acceptors (Lipinski definition) is 4. The summed E-state index contributed by atoms with van der Waals surface area (Å²) >= 11 is 0. The van der Waals surface area contributed by atoms with E-state index in [0.29, 0.717) is 12.1 Å². The standard InChI is InChI=1S/C20H31N3O/c1-15-6-7-19-20(12-15)23(14-21-19)16-8-10-22(11-9-16)17-4-3-5-18(13-17)24-2/h6-7,12,16-18,21H,3-5,8-11,13-14H2,1-2H3/t17-,18-/m0/s1. The van der Waals surface area contributed by atoms with E-state index in [9.17, 15) is 0 Å². The molecule has 132 valence electrons. The summed E-state index contributed by atoms with van der Waals surface area (Å²) < 4.78 is 5.62. The molecule has 2 fully saturated rings. The number of likely N-dealkylation sites (tertiary alicyclic amines) is 1. The Bertz CT molecular complexity index is 568. The van der Waals surface area contributed by atoms with Crippen LogP contribution in [0.3, 0.4) is 0 Å². The van der Waals surface area contributed by atoms with Gasteiger partial charge in [-0.25, -0.2) is 0 Å². The molecule has 0 unspecified atom stereocenters. The summed E-state index contributed by atoms with van der Waals surface area (Å²) in [6.07, 6.45) is 8.21. The quantitative estimate of drug-likeness (QED) is 0.917. The summed E-state index contributed by atoms with van der Waals surface area (Å²) in [6.45, 7) is 5.64. The molecule has 0 radical (unpaired) electrons. The van der Waals surface area contributed by atoms with Crippen molar-refractivity contribution in [3.05, 3.63) is 23.8 Å². The van der Waals surface area contributed by atoms with Gasteiger partial charge >= 0.3 is 0 Å². The third kappa shape index (κ3) is 3.14. The van der Waals surface area contributed by atoms with E-state index >= 15 is 0 Å². The van der Waals surface area contributed by atoms with E-state index in [2.05, 4.69) is 40.2 Å². The summed E-state index contributed by atoms with van der Waals surface area (Å²) in [7, 11) is 1.87. The van der Waals surface area contributed by atoms with Crippen molar-refractivity contribution in [1.82, 2.24) is 4.90 Å². The van der Waals surface area contributed by atoms with Crippen molar-refractivity contribution in [1.29, 1.82) is 0 Å². The molecule has 2 atom stereocenters. The molecule has 1 aromatic rings. The Morgan fingerprint density at radius 2 is 1.92 bits per heavy atom. The van der Waals surface area contributed by atoms with Gasteiger partial charge in [-0.05, 0) is 63.1 Å². The molecule has 0 bridgehead atoms. The summed E-state index contributed by atoms with van der Waals surface area (Å²) in [6, 6.07) is 8.20. The van der Waals surface area contributed by atoms with Crippen molar-refractivity contribution in [2.75, 3.05) is 37.1 Å². The molecular weight excluding hydrogens is 298 g/mol. The smallest absolute Gasteiger partial charge is 0.0880 e. The third-order valence-electron chi connectivity index (χ3n) is 6.29. The van der Waals surface area contributed by atoms with Gasteiger partial charge in [-0.3, -0.25) is 0 Å². The van der Waals surface area contributed by atoms with Crippen LogP contribution in [-0.2, 0) is 4.74 Å². The Kier molecular flexibility index (Phi) is 4.68. The van der Waals surface area contributed by atoms with Crippen LogP contribution in [0.15, 0.2) is 18.2 Å². The second-order valence-electron chi connectivity index (χ2n) is 7.77. The summed E-state index contributed by atoms with van der Waals surface area (Å²) in [5.74, 6) is 0. The zero-order valence-corrected chi connectivity index (χ0v) is 15.1. The minimum absolute atomic E-state index is 0.485. The van der Waals surface area contributed by atoms with E-state index in [-0.39, 0.29) is 0 Å². The lowest BCUT2D eigenvalue weighted by molar-refractivity contribution is 0.0210. The fraction of sp³-hybridized carbons (Fsp3) is 0.700. The Labute approximate surface area is 146 Å². The van der Waals surface area contributed by atoms with Gasteiger partial charge in [0.1, 0.15) is 0 Å². The van der Waals surface area contributed by atoms with Gasteiger partial charge < -0.3 is 19.9 Å². The summed E-state index contributed by atoms with van der Waals surface area (Å²) in [5.41, 5.74) is 4.07. The van der Waals surface area contributed by atoms with Crippen molar-refractivity contribution < 1.29 is 4.74 Å². The zero-order chi connectivity index (χ0) is 16.5. The summed E-state index contributed by atoms with van der Waals surface area (Å²) in [5, 5.41) is 3.56. The second-order valence-corrected chi connectivity index (χ2v) is 7.77. The molecule has 1 N–H and O–H groups in total. The molecule has 1 saturated carbocycles. The number of ether oxygens (including phenoxy) is 1. The van der Waals surface area contributed by atoms with Gasteiger partial charge in [0.25, 0.3) is 0 Å². The molecule has 1 aliphatic carbocycles. The number of nitrogens with zero attached hydrogens (tertiary/aromatic N) is 2. The number of benzene rings is 1. The van der Waals surface area contributed by atoms with Gasteiger partial charge in [-0.1, -0.05) is 6.07 Å². The van der Waals surface area contributed by atoms with Gasteiger partial charge in [-0.15, -0.1) is 0 Å². The Morgan fingerprint density at radius 1 is 1.08 bits per heavy atom. The molecule has 0 amide bonds. The number of hydrogen-bond donors (Lipinski definition) is 1. The molecule has 4 rings (SSSR count). The highest BCUT2D eigenvalue weighted by Gasteiger charge is 2.33. The Hall–Kier alpha value is -1.26. The van der Waals surface area contributed by atoms with Crippen LogP contribution >= 0.6 is 0 Å². The number of rotatable bonds is 3. The fourth-order valence-corrected chi connectivity index (χ4v) is 4.84. The average molecular weight is 329 g/mol. The van der Waals surface area contributed by atoms with Gasteiger partial charge in [0.2, 0.25) is 0 Å². The largest absolute Gasteiger partial charge is 0.381 e. The third-order valence-corrected chi connectivity index (χ3v) is 6.29. The van der Waals surface area contributed by atoms with Crippen LogP contribution < -0.4 is 10.2 Å². The lowest BCUT2D eigenvalue weighted by atomic mass is 9.90. The predicted octanol–water partition coefficient (Wildman–Crippen LogP) is 3.61. The lowest BCUT2D eigenvalue weighted by Gasteiger charge is -2.43. The van der Waals surface area contributed by atoms with Crippen LogP contribution in [0.1, 0.15) is 44.1 Å². The van der Waals surface area contributed by atoms with Crippen molar-refractivity contribution in [2.24, 2.45) is 0 Å². The number of fused-ring (bicyclic) bond motifs is 1. The number of nitrogens with one attached hydrogen (secondary N) is 1. The number of piperidine rings is 1. The SMILES string of the molecule is CO[C@H]1CCC[C@H](N2CCC(N3CNc4ccc(C)cc43)CC2)C1. The molecule has 4 nitrogen and oxygen atoms in total. The first-order valence-electron chi connectivity index (χ1n) is 9.62. The minimum Gasteiger partial charge on any atom is -0.381 e. The van der Waals surface area contributed by atoms with Crippen LogP contribution in [0, 0.1) is 6.92 Å². The molecule has 0 spiro atoms. The van der Waals surface area contributed by atoms with Crippen molar-refractivity contribution in [3.8, 4) is 0 Å². The van der Waals surface area contributed by atoms with E-state index < -0.39 is 0 Å². The van der Waals surface area contributed by atoms with Gasteiger partial charge in [-0.2, -0.15) is 0 Å². The highest BCUT2D eigenvalue weighted by atomic mass is 16.5. The minimum atomic E-state index is 0.485. The highest BCUT2D eigenvalue weighted by molar-refractivity contribution is 5.75. The van der Waals surface area contributed by atoms with Crippen LogP contribution in [0.2, 0.25) is 0 Å². The number of aryl methyl sites for hydroxylation is 1. The van der Waals surface area contributed by atoms with Crippen molar-refractivity contribution in [3.63, 3.8) is 0 Å². The molecule has 24 heavy (non-hydrogen) atoms. The van der Waals surface area contributed by atoms with Crippen molar-refractivity contribution in [2.45, 2.75) is 63.6 Å². The van der Waals surface area contributed by atoms with Crippen LogP contribution in [0.25, 0.3) is 0 Å². The second kappa shape index (κ2) is 6.93. The molecule has 2 heterocycles. The van der Waals surface area contributed by atoms with Gasteiger partial charge in [0.15, 0.2) is 0 Å². The zero-order valence-electron chi connectivity index (χ0n) is 15.1. The van der Waals surface area contributed by atoms with Gasteiger partial charge in [0.05, 0.1) is 24.1 Å². The van der Waals surface area contributed by atoms with Crippen LogP contribution in [-0.4, -0.2) is 50.0 Å². The molecule has 3 aliphatic rings. The first-order valence-corrected chi connectivity index (χ1v) is 9.62. The number of anilines is 2. The fourth-order valence-electron chi connectivity index (χ4n) is 4.84. The molecule has 4 heteroatoms.